The first kappa shape index (κ1) is 14.8. The van der Waals surface area contributed by atoms with Crippen LogP contribution in [0.3, 0.4) is 0 Å². The Bertz CT molecular complexity index is 600. The highest BCUT2D eigenvalue weighted by Crippen LogP contribution is 2.32. The van der Waals surface area contributed by atoms with Gasteiger partial charge in [0, 0.05) is 13.0 Å². The fourth-order valence-electron chi connectivity index (χ4n) is 2.77. The molecule has 2 atom stereocenters. The number of methoxy groups -OCH3 is 2. The molecule has 0 saturated carbocycles. The van der Waals surface area contributed by atoms with Crippen LogP contribution in [-0.2, 0) is 20.7 Å². The number of fused-ring (bicyclic) bond motifs is 1. The zero-order valence-corrected chi connectivity index (χ0v) is 12.7. The van der Waals surface area contributed by atoms with Gasteiger partial charge in [-0.05, 0) is 30.5 Å². The van der Waals surface area contributed by atoms with Crippen LogP contribution >= 0.6 is 0 Å². The Morgan fingerprint density at radius 2 is 2.09 bits per heavy atom. The lowest BCUT2D eigenvalue weighted by Crippen LogP contribution is -2.44. The highest BCUT2D eigenvalue weighted by atomic mass is 16.6. The molecule has 6 nitrogen and oxygen atoms in total. The largest absolute Gasteiger partial charge is 0.493 e. The molecule has 0 aromatic heterocycles. The molecule has 0 radical (unpaired) electrons. The van der Waals surface area contributed by atoms with Crippen molar-refractivity contribution < 1.29 is 23.8 Å². The van der Waals surface area contributed by atoms with Gasteiger partial charge in [-0.3, -0.25) is 14.5 Å². The Morgan fingerprint density at radius 3 is 2.82 bits per heavy atom. The minimum Gasteiger partial charge on any atom is -0.493 e. The molecular formula is C16H19NO5. The van der Waals surface area contributed by atoms with Gasteiger partial charge in [0.15, 0.2) is 17.6 Å². The van der Waals surface area contributed by atoms with Crippen molar-refractivity contribution >= 4 is 11.8 Å². The van der Waals surface area contributed by atoms with E-state index in [2.05, 4.69) is 0 Å². The minimum absolute atomic E-state index is 0.0439. The summed E-state index contributed by atoms with van der Waals surface area (Å²) >= 11 is 0. The van der Waals surface area contributed by atoms with E-state index in [-0.39, 0.29) is 24.0 Å². The lowest BCUT2D eigenvalue weighted by molar-refractivity contribution is -0.146. The fraction of sp³-hybridized carbons (Fsp3) is 0.500. The van der Waals surface area contributed by atoms with Gasteiger partial charge in [-0.15, -0.1) is 0 Å². The van der Waals surface area contributed by atoms with E-state index in [1.165, 1.54) is 4.90 Å². The summed E-state index contributed by atoms with van der Waals surface area (Å²) in [7, 11) is 3.15. The summed E-state index contributed by atoms with van der Waals surface area (Å²) in [5, 5.41) is 0. The fourth-order valence-corrected chi connectivity index (χ4v) is 2.77. The molecule has 3 rings (SSSR count). The summed E-state index contributed by atoms with van der Waals surface area (Å²) in [4.78, 5) is 25.5. The van der Waals surface area contributed by atoms with Crippen LogP contribution in [0, 0.1) is 0 Å². The number of imide groups is 1. The van der Waals surface area contributed by atoms with Gasteiger partial charge >= 0.3 is 0 Å². The first-order chi connectivity index (χ1) is 10.6. The highest BCUT2D eigenvalue weighted by molar-refractivity contribution is 5.99. The monoisotopic (exact) mass is 305 g/mol. The molecule has 2 heterocycles. The number of ether oxygens (including phenoxy) is 3. The number of benzene rings is 1. The molecule has 1 aromatic carbocycles. The summed E-state index contributed by atoms with van der Waals surface area (Å²) in [6, 6.07) is 5.56. The number of nitrogens with zero attached hydrogens (tertiary/aromatic N) is 1. The van der Waals surface area contributed by atoms with Gasteiger partial charge in [0.25, 0.3) is 5.91 Å². The Kier molecular flexibility index (Phi) is 4.02. The van der Waals surface area contributed by atoms with Crippen LogP contribution in [0.4, 0.5) is 0 Å². The Hall–Kier alpha value is -2.08. The lowest BCUT2D eigenvalue weighted by atomic mass is 10.1. The van der Waals surface area contributed by atoms with Crippen molar-refractivity contribution in [1.29, 1.82) is 0 Å². The number of amides is 2. The first-order valence-corrected chi connectivity index (χ1v) is 7.34. The number of rotatable bonds is 5. The van der Waals surface area contributed by atoms with E-state index in [0.29, 0.717) is 30.9 Å². The SMILES string of the molecule is COc1ccc(CCC(=O)N2CCC3OC3C2=O)cc1OC. The second-order valence-corrected chi connectivity index (χ2v) is 5.46. The molecule has 2 unspecified atom stereocenters. The third-order valence-corrected chi connectivity index (χ3v) is 4.11. The normalized spacial score (nSPS) is 23.0. The average Bonchev–Trinajstić information content (AvgIpc) is 3.33. The van der Waals surface area contributed by atoms with Crippen LogP contribution in [-0.4, -0.2) is 49.7 Å². The van der Waals surface area contributed by atoms with Crippen LogP contribution in [0.25, 0.3) is 0 Å². The molecule has 1 aromatic rings. The van der Waals surface area contributed by atoms with Crippen molar-refractivity contribution in [2.24, 2.45) is 0 Å². The molecule has 2 aliphatic rings. The lowest BCUT2D eigenvalue weighted by Gasteiger charge is -2.22. The molecule has 118 valence electrons. The summed E-state index contributed by atoms with van der Waals surface area (Å²) in [5.41, 5.74) is 0.969. The maximum atomic E-state index is 12.2. The van der Waals surface area contributed by atoms with Crippen LogP contribution in [0.1, 0.15) is 18.4 Å². The number of carbonyl (C=O) groups excluding carboxylic acids is 2. The summed E-state index contributed by atoms with van der Waals surface area (Å²) in [6.07, 6.45) is 1.26. The molecule has 0 spiro atoms. The van der Waals surface area contributed by atoms with Gasteiger partial charge in [-0.2, -0.15) is 0 Å². The zero-order valence-electron chi connectivity index (χ0n) is 12.7. The van der Waals surface area contributed by atoms with Crippen molar-refractivity contribution in [3.8, 4) is 11.5 Å². The van der Waals surface area contributed by atoms with Crippen molar-refractivity contribution in [3.05, 3.63) is 23.8 Å². The van der Waals surface area contributed by atoms with Crippen LogP contribution < -0.4 is 9.47 Å². The van der Waals surface area contributed by atoms with E-state index in [1.807, 2.05) is 18.2 Å². The molecule has 0 N–H and O–H groups in total. The van der Waals surface area contributed by atoms with Gasteiger partial charge in [-0.1, -0.05) is 6.07 Å². The van der Waals surface area contributed by atoms with Crippen molar-refractivity contribution in [3.63, 3.8) is 0 Å². The molecule has 2 aliphatic heterocycles. The summed E-state index contributed by atoms with van der Waals surface area (Å²) in [6.45, 7) is 0.463. The topological polar surface area (TPSA) is 68.4 Å². The third kappa shape index (κ3) is 2.78. The quantitative estimate of drug-likeness (QED) is 0.764. The Balaban J connectivity index is 1.60. The van der Waals surface area contributed by atoms with Crippen molar-refractivity contribution in [1.82, 2.24) is 4.90 Å². The molecule has 2 fully saturated rings. The standard InChI is InChI=1S/C16H19NO5/c1-20-11-5-3-10(9-13(11)21-2)4-6-14(18)17-8-7-12-15(22-12)16(17)19/h3,5,9,12,15H,4,6-8H2,1-2H3. The molecular weight excluding hydrogens is 286 g/mol. The molecule has 0 aliphatic carbocycles. The summed E-state index contributed by atoms with van der Waals surface area (Å²) in [5.74, 6) is 0.957. The highest BCUT2D eigenvalue weighted by Gasteiger charge is 2.51. The number of aryl methyl sites for hydroxylation is 1. The van der Waals surface area contributed by atoms with Crippen LogP contribution in [0.5, 0.6) is 11.5 Å². The van der Waals surface area contributed by atoms with E-state index < -0.39 is 0 Å². The maximum Gasteiger partial charge on any atom is 0.261 e. The van der Waals surface area contributed by atoms with Gasteiger partial charge in [0.05, 0.1) is 20.3 Å². The first-order valence-electron chi connectivity index (χ1n) is 7.34. The van der Waals surface area contributed by atoms with Gasteiger partial charge in [0.2, 0.25) is 5.91 Å². The zero-order chi connectivity index (χ0) is 15.7. The number of likely N-dealkylation sites (tertiary alicyclic amines) is 1. The molecule has 2 amide bonds. The number of hydrogen-bond donors (Lipinski definition) is 0. The predicted molar refractivity (Wildman–Crippen MR) is 77.9 cm³/mol. The molecule has 2 saturated heterocycles. The van der Waals surface area contributed by atoms with Gasteiger partial charge < -0.3 is 14.2 Å². The second kappa shape index (κ2) is 5.96. The van der Waals surface area contributed by atoms with Crippen molar-refractivity contribution in [2.45, 2.75) is 31.5 Å². The van der Waals surface area contributed by atoms with E-state index in [0.717, 1.165) is 12.0 Å². The maximum absolute atomic E-state index is 12.2. The van der Waals surface area contributed by atoms with E-state index in [9.17, 15) is 9.59 Å². The number of piperidine rings is 1. The summed E-state index contributed by atoms with van der Waals surface area (Å²) < 4.78 is 15.6. The van der Waals surface area contributed by atoms with Gasteiger partial charge in [0.1, 0.15) is 0 Å². The Morgan fingerprint density at radius 1 is 1.32 bits per heavy atom. The molecule has 6 heteroatoms. The van der Waals surface area contributed by atoms with Crippen LogP contribution in [0.2, 0.25) is 0 Å². The number of carbonyl (C=O) groups is 2. The smallest absolute Gasteiger partial charge is 0.261 e. The third-order valence-electron chi connectivity index (χ3n) is 4.11. The number of epoxide rings is 1. The second-order valence-electron chi connectivity index (χ2n) is 5.46. The molecule has 0 bridgehead atoms. The van der Waals surface area contributed by atoms with E-state index in [4.69, 9.17) is 14.2 Å². The number of hydrogen-bond acceptors (Lipinski definition) is 5. The predicted octanol–water partition coefficient (Wildman–Crippen LogP) is 1.16. The Labute approximate surface area is 128 Å². The average molecular weight is 305 g/mol. The van der Waals surface area contributed by atoms with Gasteiger partial charge in [-0.25, -0.2) is 0 Å². The van der Waals surface area contributed by atoms with E-state index in [1.54, 1.807) is 14.2 Å². The van der Waals surface area contributed by atoms with E-state index >= 15 is 0 Å². The molecule has 22 heavy (non-hydrogen) atoms. The minimum atomic E-state index is -0.376. The van der Waals surface area contributed by atoms with Crippen molar-refractivity contribution in [2.75, 3.05) is 20.8 Å². The van der Waals surface area contributed by atoms with Crippen LogP contribution in [0.15, 0.2) is 18.2 Å².